The topological polar surface area (TPSA) is 12.0 Å². The molecule has 1 nitrogen and oxygen atoms in total. The Kier molecular flexibility index (Phi) is 6.33. The largest absolute Gasteiger partial charge is 0.317 e. The van der Waals surface area contributed by atoms with Crippen LogP contribution in [0.25, 0.3) is 11.1 Å². The normalized spacial score (nSPS) is 15.2. The Morgan fingerprint density at radius 3 is 1.50 bits per heavy atom. The highest BCUT2D eigenvalue weighted by Crippen LogP contribution is 2.17. The molecule has 20 heavy (non-hydrogen) atoms. The zero-order chi connectivity index (χ0) is 14.0. The maximum absolute atomic E-state index is 3.30. The second-order valence-corrected chi connectivity index (χ2v) is 5.36. The molecule has 1 heteroatoms. The Balaban J connectivity index is 0.000000160. The van der Waals surface area contributed by atoms with Gasteiger partial charge >= 0.3 is 0 Å². The lowest BCUT2D eigenvalue weighted by Gasteiger charge is -2.20. The summed E-state index contributed by atoms with van der Waals surface area (Å²) >= 11 is 0. The molecule has 1 saturated carbocycles. The average Bonchev–Trinajstić information content (AvgIpc) is 2.58. The van der Waals surface area contributed by atoms with Gasteiger partial charge in [-0.05, 0) is 31.0 Å². The van der Waals surface area contributed by atoms with Crippen molar-refractivity contribution in [3.63, 3.8) is 0 Å². The molecule has 1 aliphatic rings. The van der Waals surface area contributed by atoms with Gasteiger partial charge in [0, 0.05) is 6.04 Å². The lowest BCUT2D eigenvalue weighted by molar-refractivity contribution is 0.394. The Bertz CT molecular complexity index is 420. The first-order chi connectivity index (χ1) is 9.90. The Labute approximate surface area is 123 Å². The molecule has 0 aromatic heterocycles. The minimum absolute atomic E-state index is 0.837. The smallest absolute Gasteiger partial charge is 0.00640 e. The number of nitrogens with one attached hydrogen (secondary N) is 1. The van der Waals surface area contributed by atoms with Crippen LogP contribution in [0.1, 0.15) is 32.1 Å². The van der Waals surface area contributed by atoms with Crippen LogP contribution in [0, 0.1) is 0 Å². The summed E-state index contributed by atoms with van der Waals surface area (Å²) in [6, 6.07) is 21.6. The highest BCUT2D eigenvalue weighted by molar-refractivity contribution is 5.62. The van der Waals surface area contributed by atoms with Gasteiger partial charge in [-0.3, -0.25) is 0 Å². The van der Waals surface area contributed by atoms with Crippen molar-refractivity contribution in [2.24, 2.45) is 0 Å². The van der Waals surface area contributed by atoms with Crippen LogP contribution in [0.15, 0.2) is 60.7 Å². The fourth-order valence-electron chi connectivity index (χ4n) is 2.65. The predicted molar refractivity (Wildman–Crippen MR) is 87.8 cm³/mol. The molecule has 0 heterocycles. The van der Waals surface area contributed by atoms with E-state index < -0.39 is 0 Å². The highest BCUT2D eigenvalue weighted by atomic mass is 14.9. The molecular formula is C19H25N. The second-order valence-electron chi connectivity index (χ2n) is 5.36. The molecule has 0 unspecified atom stereocenters. The van der Waals surface area contributed by atoms with Crippen LogP contribution in [0.4, 0.5) is 0 Å². The van der Waals surface area contributed by atoms with Crippen molar-refractivity contribution in [2.75, 3.05) is 7.05 Å². The fraction of sp³-hybridized carbons (Fsp3) is 0.368. The maximum atomic E-state index is 3.30. The summed E-state index contributed by atoms with van der Waals surface area (Å²) in [4.78, 5) is 0. The highest BCUT2D eigenvalue weighted by Gasteiger charge is 2.09. The molecule has 0 aliphatic heterocycles. The molecule has 0 spiro atoms. The van der Waals surface area contributed by atoms with Gasteiger partial charge in [0.2, 0.25) is 0 Å². The van der Waals surface area contributed by atoms with E-state index in [1.165, 1.54) is 43.2 Å². The van der Waals surface area contributed by atoms with Crippen molar-refractivity contribution in [1.29, 1.82) is 0 Å². The molecule has 2 aromatic rings. The molecule has 106 valence electrons. The predicted octanol–water partition coefficient (Wildman–Crippen LogP) is 4.89. The lowest BCUT2D eigenvalue weighted by atomic mass is 9.96. The van der Waals surface area contributed by atoms with E-state index in [2.05, 4.69) is 60.9 Å². The van der Waals surface area contributed by atoms with Crippen molar-refractivity contribution < 1.29 is 0 Å². The van der Waals surface area contributed by atoms with Gasteiger partial charge in [-0.25, -0.2) is 0 Å². The van der Waals surface area contributed by atoms with E-state index in [-0.39, 0.29) is 0 Å². The minimum atomic E-state index is 0.837. The van der Waals surface area contributed by atoms with Crippen LogP contribution in [-0.2, 0) is 0 Å². The lowest BCUT2D eigenvalue weighted by Crippen LogP contribution is -2.26. The molecule has 0 bridgehead atoms. The van der Waals surface area contributed by atoms with Crippen LogP contribution >= 0.6 is 0 Å². The summed E-state index contributed by atoms with van der Waals surface area (Å²) < 4.78 is 0. The fourth-order valence-corrected chi connectivity index (χ4v) is 2.65. The Morgan fingerprint density at radius 2 is 1.15 bits per heavy atom. The summed E-state index contributed by atoms with van der Waals surface area (Å²) in [7, 11) is 2.07. The first-order valence-corrected chi connectivity index (χ1v) is 7.68. The molecule has 1 fully saturated rings. The van der Waals surface area contributed by atoms with Gasteiger partial charge < -0.3 is 5.32 Å². The first kappa shape index (κ1) is 14.8. The first-order valence-electron chi connectivity index (χ1n) is 7.68. The summed E-state index contributed by atoms with van der Waals surface area (Å²) in [5.41, 5.74) is 2.55. The van der Waals surface area contributed by atoms with Gasteiger partial charge in [0.25, 0.3) is 0 Å². The minimum Gasteiger partial charge on any atom is -0.317 e. The van der Waals surface area contributed by atoms with Gasteiger partial charge in [0.15, 0.2) is 0 Å². The number of rotatable bonds is 2. The third-order valence-corrected chi connectivity index (χ3v) is 3.89. The van der Waals surface area contributed by atoms with E-state index in [0.717, 1.165) is 6.04 Å². The molecule has 1 aliphatic carbocycles. The van der Waals surface area contributed by atoms with Crippen LogP contribution < -0.4 is 5.32 Å². The Hall–Kier alpha value is -1.60. The second kappa shape index (κ2) is 8.55. The zero-order valence-corrected chi connectivity index (χ0v) is 12.4. The quantitative estimate of drug-likeness (QED) is 0.816. The van der Waals surface area contributed by atoms with Gasteiger partial charge in [-0.2, -0.15) is 0 Å². The van der Waals surface area contributed by atoms with Crippen LogP contribution in [-0.4, -0.2) is 13.1 Å². The van der Waals surface area contributed by atoms with Crippen LogP contribution in [0.3, 0.4) is 0 Å². The molecule has 0 saturated heterocycles. The number of hydrogen-bond donors (Lipinski definition) is 1. The molecular weight excluding hydrogens is 242 g/mol. The third kappa shape index (κ3) is 4.82. The zero-order valence-electron chi connectivity index (χ0n) is 12.4. The number of hydrogen-bond acceptors (Lipinski definition) is 1. The van der Waals surface area contributed by atoms with Crippen molar-refractivity contribution in [1.82, 2.24) is 5.32 Å². The molecule has 1 N–H and O–H groups in total. The van der Waals surface area contributed by atoms with E-state index in [4.69, 9.17) is 0 Å². The summed E-state index contributed by atoms with van der Waals surface area (Å²) in [6.45, 7) is 0. The van der Waals surface area contributed by atoms with Crippen LogP contribution in [0.5, 0.6) is 0 Å². The monoisotopic (exact) mass is 267 g/mol. The van der Waals surface area contributed by atoms with E-state index in [1.807, 2.05) is 12.1 Å². The molecule has 0 amide bonds. The van der Waals surface area contributed by atoms with E-state index >= 15 is 0 Å². The van der Waals surface area contributed by atoms with Crippen molar-refractivity contribution in [2.45, 2.75) is 38.1 Å². The molecule has 3 rings (SSSR count). The summed E-state index contributed by atoms with van der Waals surface area (Å²) in [5, 5.41) is 3.30. The maximum Gasteiger partial charge on any atom is 0.00640 e. The van der Waals surface area contributed by atoms with E-state index in [0.29, 0.717) is 0 Å². The summed E-state index contributed by atoms with van der Waals surface area (Å²) in [5.74, 6) is 0. The van der Waals surface area contributed by atoms with Gasteiger partial charge in [-0.15, -0.1) is 0 Å². The average molecular weight is 267 g/mol. The third-order valence-electron chi connectivity index (χ3n) is 3.89. The van der Waals surface area contributed by atoms with E-state index in [9.17, 15) is 0 Å². The molecule has 0 radical (unpaired) electrons. The van der Waals surface area contributed by atoms with Gasteiger partial charge in [0.1, 0.15) is 0 Å². The van der Waals surface area contributed by atoms with Crippen molar-refractivity contribution >= 4 is 0 Å². The van der Waals surface area contributed by atoms with Crippen molar-refractivity contribution in [3.8, 4) is 11.1 Å². The Morgan fingerprint density at radius 1 is 0.700 bits per heavy atom. The summed E-state index contributed by atoms with van der Waals surface area (Å²) in [6.07, 6.45) is 7.13. The molecule has 2 aromatic carbocycles. The van der Waals surface area contributed by atoms with E-state index in [1.54, 1.807) is 0 Å². The van der Waals surface area contributed by atoms with Gasteiger partial charge in [-0.1, -0.05) is 79.9 Å². The van der Waals surface area contributed by atoms with Crippen LogP contribution in [0.2, 0.25) is 0 Å². The SMILES string of the molecule is CNC1CCCCC1.c1ccc(-c2ccccc2)cc1. The number of benzene rings is 2. The van der Waals surface area contributed by atoms with Crippen molar-refractivity contribution in [3.05, 3.63) is 60.7 Å². The standard InChI is InChI=1S/C12H10.C7H15N/c1-3-7-11(8-4-1)12-9-5-2-6-10-12;1-8-7-5-3-2-4-6-7/h1-10H;7-8H,2-6H2,1H3. The molecule has 0 atom stereocenters. The van der Waals surface area contributed by atoms with Gasteiger partial charge in [0.05, 0.1) is 0 Å².